The van der Waals surface area contributed by atoms with E-state index in [0.29, 0.717) is 12.5 Å². The maximum absolute atomic E-state index is 13.4. The third kappa shape index (κ3) is 3.01. The molecule has 0 aromatic carbocycles. The van der Waals surface area contributed by atoms with E-state index in [-0.39, 0.29) is 16.7 Å². The normalized spacial score (nSPS) is 28.0. The SMILES string of the molecule is CCN1CC[C@@]2(CN(C(C)=O)CC23CCN(Cc2ccc(C)s2)CC3)C1=O. The molecule has 148 valence electrons. The van der Waals surface area contributed by atoms with E-state index in [2.05, 4.69) is 30.9 Å². The molecule has 5 nitrogen and oxygen atoms in total. The number of nitrogens with zero attached hydrogens (tertiary/aromatic N) is 3. The summed E-state index contributed by atoms with van der Waals surface area (Å²) in [5, 5.41) is 0. The van der Waals surface area contributed by atoms with Crippen molar-refractivity contribution in [3.05, 3.63) is 21.9 Å². The minimum Gasteiger partial charge on any atom is -0.342 e. The molecule has 0 unspecified atom stereocenters. The number of carbonyl (C=O) groups excluding carboxylic acids is 2. The molecule has 1 aromatic heterocycles. The third-order valence-corrected chi connectivity index (χ3v) is 8.28. The first kappa shape index (κ1) is 18.9. The average Bonchev–Trinajstić information content (AvgIpc) is 3.29. The number of hydrogen-bond acceptors (Lipinski definition) is 4. The Balaban J connectivity index is 1.53. The second-order valence-corrected chi connectivity index (χ2v) is 10.0. The standard InChI is InChI=1S/C21H31N3O2S/c1-4-23-12-9-21(19(23)26)15-24(17(3)25)14-20(21)7-10-22(11-8-20)13-18-6-5-16(2)27-18/h5-6H,4,7-15H2,1-3H3/t21-/m1/s1. The molecule has 0 aliphatic carbocycles. The van der Waals surface area contributed by atoms with Crippen LogP contribution in [0.3, 0.4) is 0 Å². The smallest absolute Gasteiger partial charge is 0.231 e. The summed E-state index contributed by atoms with van der Waals surface area (Å²) in [6, 6.07) is 4.43. The van der Waals surface area contributed by atoms with Crippen molar-refractivity contribution in [1.82, 2.24) is 14.7 Å². The summed E-state index contributed by atoms with van der Waals surface area (Å²) in [4.78, 5) is 34.8. The molecular formula is C21H31N3O2S. The van der Waals surface area contributed by atoms with E-state index in [9.17, 15) is 9.59 Å². The number of aryl methyl sites for hydroxylation is 1. The number of amides is 2. The van der Waals surface area contributed by atoms with E-state index in [4.69, 9.17) is 0 Å². The summed E-state index contributed by atoms with van der Waals surface area (Å²) in [5.41, 5.74) is -0.387. The third-order valence-electron chi connectivity index (χ3n) is 7.29. The maximum atomic E-state index is 13.4. The highest BCUT2D eigenvalue weighted by atomic mass is 32.1. The molecule has 3 fully saturated rings. The van der Waals surface area contributed by atoms with Crippen molar-refractivity contribution in [2.45, 2.75) is 46.6 Å². The molecule has 0 bridgehead atoms. The zero-order valence-corrected chi connectivity index (χ0v) is 17.6. The van der Waals surface area contributed by atoms with E-state index in [1.165, 1.54) is 9.75 Å². The van der Waals surface area contributed by atoms with Gasteiger partial charge in [0.2, 0.25) is 11.8 Å². The van der Waals surface area contributed by atoms with Crippen molar-refractivity contribution in [1.29, 1.82) is 0 Å². The molecule has 6 heteroatoms. The largest absolute Gasteiger partial charge is 0.342 e. The van der Waals surface area contributed by atoms with Crippen molar-refractivity contribution in [2.75, 3.05) is 39.3 Å². The molecule has 27 heavy (non-hydrogen) atoms. The topological polar surface area (TPSA) is 43.9 Å². The highest BCUT2D eigenvalue weighted by molar-refractivity contribution is 7.11. The van der Waals surface area contributed by atoms with Crippen molar-refractivity contribution < 1.29 is 9.59 Å². The van der Waals surface area contributed by atoms with Gasteiger partial charge in [-0.25, -0.2) is 0 Å². The summed E-state index contributed by atoms with van der Waals surface area (Å²) < 4.78 is 0. The molecule has 4 rings (SSSR count). The number of rotatable bonds is 3. The van der Waals surface area contributed by atoms with Gasteiger partial charge < -0.3 is 9.80 Å². The summed E-state index contributed by atoms with van der Waals surface area (Å²) in [7, 11) is 0. The summed E-state index contributed by atoms with van der Waals surface area (Å²) in [5.74, 6) is 0.418. The number of carbonyl (C=O) groups is 2. The number of likely N-dealkylation sites (tertiary alicyclic amines) is 3. The van der Waals surface area contributed by atoms with Crippen molar-refractivity contribution >= 4 is 23.2 Å². The van der Waals surface area contributed by atoms with Crippen LogP contribution < -0.4 is 0 Å². The maximum Gasteiger partial charge on any atom is 0.231 e. The Morgan fingerprint density at radius 2 is 1.89 bits per heavy atom. The Labute approximate surface area is 166 Å². The van der Waals surface area contributed by atoms with E-state index in [1.54, 1.807) is 6.92 Å². The fourth-order valence-corrected chi connectivity index (χ4v) is 6.57. The minimum absolute atomic E-state index is 0.0401. The number of hydrogen-bond donors (Lipinski definition) is 0. The highest BCUT2D eigenvalue weighted by Crippen LogP contribution is 2.57. The molecule has 0 saturated carbocycles. The second-order valence-electron chi connectivity index (χ2n) is 8.66. The van der Waals surface area contributed by atoms with Crippen LogP contribution in [0.1, 0.15) is 42.9 Å². The quantitative estimate of drug-likeness (QED) is 0.798. The lowest BCUT2D eigenvalue weighted by Crippen LogP contribution is -2.52. The summed E-state index contributed by atoms with van der Waals surface area (Å²) >= 11 is 1.88. The van der Waals surface area contributed by atoms with E-state index >= 15 is 0 Å². The Bertz CT molecular complexity index is 738. The molecule has 0 N–H and O–H groups in total. The van der Waals surface area contributed by atoms with E-state index in [1.807, 2.05) is 21.1 Å². The Kier molecular flexibility index (Phi) is 4.83. The Hall–Kier alpha value is -1.40. The van der Waals surface area contributed by atoms with Gasteiger partial charge in [-0.05, 0) is 58.3 Å². The van der Waals surface area contributed by atoms with Crippen LogP contribution in [-0.4, -0.2) is 65.8 Å². The zero-order valence-electron chi connectivity index (χ0n) is 16.8. The second kappa shape index (κ2) is 6.89. The average molecular weight is 390 g/mol. The predicted molar refractivity (Wildman–Crippen MR) is 108 cm³/mol. The fraction of sp³-hybridized carbons (Fsp3) is 0.714. The van der Waals surface area contributed by atoms with Gasteiger partial charge in [-0.3, -0.25) is 14.5 Å². The van der Waals surface area contributed by atoms with Crippen molar-refractivity contribution in [3.8, 4) is 0 Å². The van der Waals surface area contributed by atoms with Gasteiger partial charge in [0.05, 0.1) is 5.41 Å². The Morgan fingerprint density at radius 1 is 1.15 bits per heavy atom. The van der Waals surface area contributed by atoms with Gasteiger partial charge in [0.25, 0.3) is 0 Å². The monoisotopic (exact) mass is 389 g/mol. The van der Waals surface area contributed by atoms with Crippen LogP contribution in [0, 0.1) is 17.8 Å². The number of piperidine rings is 1. The lowest BCUT2D eigenvalue weighted by molar-refractivity contribution is -0.142. The Morgan fingerprint density at radius 3 is 2.44 bits per heavy atom. The van der Waals surface area contributed by atoms with Crippen LogP contribution >= 0.6 is 11.3 Å². The van der Waals surface area contributed by atoms with Gasteiger partial charge in [0.1, 0.15) is 0 Å². The number of thiophene rings is 1. The molecule has 3 aliphatic rings. The first-order chi connectivity index (χ1) is 12.9. The molecule has 1 aromatic rings. The first-order valence-corrected chi connectivity index (χ1v) is 11.0. The van der Waals surface area contributed by atoms with E-state index < -0.39 is 0 Å². The van der Waals surface area contributed by atoms with Gasteiger partial charge in [0, 0.05) is 54.8 Å². The lowest BCUT2D eigenvalue weighted by Gasteiger charge is -2.46. The van der Waals surface area contributed by atoms with Crippen LogP contribution in [0.15, 0.2) is 12.1 Å². The molecule has 3 aliphatic heterocycles. The van der Waals surface area contributed by atoms with Crippen LogP contribution in [0.2, 0.25) is 0 Å². The molecule has 3 saturated heterocycles. The van der Waals surface area contributed by atoms with Gasteiger partial charge in [-0.15, -0.1) is 11.3 Å². The van der Waals surface area contributed by atoms with Crippen LogP contribution in [-0.2, 0) is 16.1 Å². The van der Waals surface area contributed by atoms with Gasteiger partial charge >= 0.3 is 0 Å². The van der Waals surface area contributed by atoms with Crippen molar-refractivity contribution in [2.24, 2.45) is 10.8 Å². The zero-order chi connectivity index (χ0) is 19.2. The molecule has 2 amide bonds. The van der Waals surface area contributed by atoms with Crippen molar-refractivity contribution in [3.63, 3.8) is 0 Å². The summed E-state index contributed by atoms with van der Waals surface area (Å²) in [6.45, 7) is 11.9. The minimum atomic E-state index is -0.347. The van der Waals surface area contributed by atoms with Gasteiger partial charge in [-0.2, -0.15) is 0 Å². The lowest BCUT2D eigenvalue weighted by atomic mass is 9.60. The highest BCUT2D eigenvalue weighted by Gasteiger charge is 2.65. The molecule has 4 heterocycles. The van der Waals surface area contributed by atoms with Crippen LogP contribution in [0.5, 0.6) is 0 Å². The van der Waals surface area contributed by atoms with Gasteiger partial charge in [-0.1, -0.05) is 0 Å². The predicted octanol–water partition coefficient (Wildman–Crippen LogP) is 2.74. The van der Waals surface area contributed by atoms with Gasteiger partial charge in [0.15, 0.2) is 0 Å². The van der Waals surface area contributed by atoms with Crippen LogP contribution in [0.25, 0.3) is 0 Å². The first-order valence-electron chi connectivity index (χ1n) is 10.2. The number of fused-ring (bicyclic) bond motifs is 1. The van der Waals surface area contributed by atoms with Crippen LogP contribution in [0.4, 0.5) is 0 Å². The molecule has 0 radical (unpaired) electrons. The molecule has 2 spiro atoms. The summed E-state index contributed by atoms with van der Waals surface area (Å²) in [6.07, 6.45) is 2.95. The van der Waals surface area contributed by atoms with E-state index in [0.717, 1.165) is 58.5 Å². The fourth-order valence-electron chi connectivity index (χ4n) is 5.63. The molecular weight excluding hydrogens is 358 g/mol. The molecule has 1 atom stereocenters.